The van der Waals surface area contributed by atoms with E-state index in [1.165, 1.54) is 5.56 Å². The van der Waals surface area contributed by atoms with E-state index in [0.29, 0.717) is 13.0 Å². The zero-order valence-electron chi connectivity index (χ0n) is 15.3. The Labute approximate surface area is 145 Å². The molecule has 1 atom stereocenters. The summed E-state index contributed by atoms with van der Waals surface area (Å²) in [7, 11) is 1.83. The van der Waals surface area contributed by atoms with Crippen molar-refractivity contribution >= 4 is 5.91 Å². The number of carbonyl (C=O) groups is 1. The fourth-order valence-corrected chi connectivity index (χ4v) is 2.59. The predicted molar refractivity (Wildman–Crippen MR) is 98.3 cm³/mol. The van der Waals surface area contributed by atoms with Crippen LogP contribution in [0.5, 0.6) is 5.75 Å². The molecule has 0 aliphatic heterocycles. The summed E-state index contributed by atoms with van der Waals surface area (Å²) in [6.07, 6.45) is 0.186. The van der Waals surface area contributed by atoms with Crippen LogP contribution < -0.4 is 4.74 Å². The van der Waals surface area contributed by atoms with Crippen molar-refractivity contribution < 1.29 is 9.53 Å². The molecule has 0 aliphatic rings. The minimum Gasteiger partial charge on any atom is -0.480 e. The van der Waals surface area contributed by atoms with Crippen molar-refractivity contribution in [2.75, 3.05) is 7.05 Å². The van der Waals surface area contributed by atoms with Crippen LogP contribution in [-0.2, 0) is 11.3 Å². The Kier molecular flexibility index (Phi) is 6.02. The third-order valence-electron chi connectivity index (χ3n) is 4.18. The molecule has 2 aromatic rings. The monoisotopic (exact) mass is 325 g/mol. The highest BCUT2D eigenvalue weighted by Crippen LogP contribution is 2.22. The van der Waals surface area contributed by atoms with Gasteiger partial charge in [-0.25, -0.2) is 0 Å². The molecule has 0 heterocycles. The first kappa shape index (κ1) is 18.1. The van der Waals surface area contributed by atoms with E-state index in [9.17, 15) is 4.79 Å². The fourth-order valence-electron chi connectivity index (χ4n) is 2.59. The Balaban J connectivity index is 2.07. The summed E-state index contributed by atoms with van der Waals surface area (Å²) in [4.78, 5) is 14.5. The molecule has 0 bridgehead atoms. The van der Waals surface area contributed by atoms with E-state index in [0.717, 1.165) is 22.4 Å². The van der Waals surface area contributed by atoms with Crippen molar-refractivity contribution in [3.63, 3.8) is 0 Å². The standard InChI is InChI=1S/C21H27NO2/c1-6-19(24-20-13-16(3)7-10-17(20)4)21(23)22(5)14-18-11-8-15(2)9-12-18/h7-13,19H,6,14H2,1-5H3/t19-/m0/s1. The summed E-state index contributed by atoms with van der Waals surface area (Å²) >= 11 is 0. The molecular formula is C21H27NO2. The maximum Gasteiger partial charge on any atom is 0.263 e. The summed E-state index contributed by atoms with van der Waals surface area (Å²) in [5.74, 6) is 0.804. The van der Waals surface area contributed by atoms with Crippen molar-refractivity contribution in [2.45, 2.75) is 46.8 Å². The smallest absolute Gasteiger partial charge is 0.263 e. The molecule has 0 spiro atoms. The Hall–Kier alpha value is -2.29. The first-order valence-corrected chi connectivity index (χ1v) is 8.45. The van der Waals surface area contributed by atoms with Gasteiger partial charge in [-0.05, 0) is 49.9 Å². The van der Waals surface area contributed by atoms with Gasteiger partial charge in [0.15, 0.2) is 6.10 Å². The van der Waals surface area contributed by atoms with Crippen molar-refractivity contribution in [1.82, 2.24) is 4.90 Å². The maximum absolute atomic E-state index is 12.7. The predicted octanol–water partition coefficient (Wildman–Crippen LogP) is 4.43. The Morgan fingerprint density at radius 2 is 1.67 bits per heavy atom. The van der Waals surface area contributed by atoms with Gasteiger partial charge >= 0.3 is 0 Å². The van der Waals surface area contributed by atoms with Gasteiger partial charge in [0.2, 0.25) is 0 Å². The van der Waals surface area contributed by atoms with Gasteiger partial charge in [-0.15, -0.1) is 0 Å². The topological polar surface area (TPSA) is 29.5 Å². The number of carbonyl (C=O) groups excluding carboxylic acids is 1. The lowest BCUT2D eigenvalue weighted by Gasteiger charge is -2.24. The van der Waals surface area contributed by atoms with Crippen LogP contribution in [0, 0.1) is 20.8 Å². The van der Waals surface area contributed by atoms with Gasteiger partial charge in [-0.3, -0.25) is 4.79 Å². The molecule has 0 aliphatic carbocycles. The minimum atomic E-state index is -0.457. The van der Waals surface area contributed by atoms with Crippen molar-refractivity contribution in [1.29, 1.82) is 0 Å². The third-order valence-corrected chi connectivity index (χ3v) is 4.18. The van der Waals surface area contributed by atoms with Crippen molar-refractivity contribution in [2.24, 2.45) is 0 Å². The van der Waals surface area contributed by atoms with Gasteiger partial charge in [-0.1, -0.05) is 48.9 Å². The number of rotatable bonds is 6. The number of amides is 1. The normalized spacial score (nSPS) is 11.9. The number of hydrogen-bond acceptors (Lipinski definition) is 2. The molecule has 2 rings (SSSR count). The lowest BCUT2D eigenvalue weighted by molar-refractivity contribution is -0.138. The van der Waals surface area contributed by atoms with Crippen molar-refractivity contribution in [3.8, 4) is 5.75 Å². The van der Waals surface area contributed by atoms with Gasteiger partial charge < -0.3 is 9.64 Å². The van der Waals surface area contributed by atoms with Crippen molar-refractivity contribution in [3.05, 3.63) is 64.7 Å². The van der Waals surface area contributed by atoms with Crippen LogP contribution in [0.3, 0.4) is 0 Å². The van der Waals surface area contributed by atoms with E-state index in [2.05, 4.69) is 37.3 Å². The molecule has 0 aromatic heterocycles. The van der Waals surface area contributed by atoms with Gasteiger partial charge in [0.05, 0.1) is 0 Å². The molecule has 3 nitrogen and oxygen atoms in total. The number of likely N-dealkylation sites (N-methyl/N-ethyl adjacent to an activating group) is 1. The molecule has 3 heteroatoms. The fraction of sp³-hybridized carbons (Fsp3) is 0.381. The van der Waals surface area contributed by atoms with Crippen LogP contribution in [0.4, 0.5) is 0 Å². The molecule has 0 saturated heterocycles. The van der Waals surface area contributed by atoms with Crippen LogP contribution in [0.25, 0.3) is 0 Å². The highest BCUT2D eigenvalue weighted by atomic mass is 16.5. The van der Waals surface area contributed by atoms with Gasteiger partial charge in [-0.2, -0.15) is 0 Å². The third kappa shape index (κ3) is 4.60. The minimum absolute atomic E-state index is 0.0129. The van der Waals surface area contributed by atoms with E-state index in [1.807, 2.05) is 40.0 Å². The Morgan fingerprint density at radius 1 is 1.04 bits per heavy atom. The average Bonchev–Trinajstić information content (AvgIpc) is 2.57. The van der Waals surface area contributed by atoms with E-state index >= 15 is 0 Å². The molecule has 0 unspecified atom stereocenters. The summed E-state index contributed by atoms with van der Waals surface area (Å²) < 4.78 is 6.02. The molecule has 0 saturated carbocycles. The molecule has 24 heavy (non-hydrogen) atoms. The quantitative estimate of drug-likeness (QED) is 0.786. The van der Waals surface area contributed by atoms with Crippen LogP contribution in [0.15, 0.2) is 42.5 Å². The van der Waals surface area contributed by atoms with Crippen LogP contribution in [0.2, 0.25) is 0 Å². The molecular weight excluding hydrogens is 298 g/mol. The number of ether oxygens (including phenoxy) is 1. The highest BCUT2D eigenvalue weighted by molar-refractivity contribution is 5.81. The lowest BCUT2D eigenvalue weighted by atomic mass is 10.1. The molecule has 0 fully saturated rings. The summed E-state index contributed by atoms with van der Waals surface area (Å²) in [5.41, 5.74) is 4.52. The maximum atomic E-state index is 12.7. The lowest BCUT2D eigenvalue weighted by Crippen LogP contribution is -2.39. The van der Waals surface area contributed by atoms with E-state index in [1.54, 1.807) is 4.90 Å². The second-order valence-corrected chi connectivity index (χ2v) is 6.46. The van der Waals surface area contributed by atoms with Gasteiger partial charge in [0.1, 0.15) is 5.75 Å². The zero-order valence-corrected chi connectivity index (χ0v) is 15.3. The molecule has 2 aromatic carbocycles. The Bertz CT molecular complexity index is 691. The second kappa shape index (κ2) is 8.00. The number of hydrogen-bond donors (Lipinski definition) is 0. The van der Waals surface area contributed by atoms with Crippen LogP contribution >= 0.6 is 0 Å². The zero-order chi connectivity index (χ0) is 17.7. The number of aryl methyl sites for hydroxylation is 3. The first-order chi connectivity index (χ1) is 11.4. The van der Waals surface area contributed by atoms with Gasteiger partial charge in [0, 0.05) is 13.6 Å². The van der Waals surface area contributed by atoms with E-state index < -0.39 is 6.10 Å². The van der Waals surface area contributed by atoms with Crippen LogP contribution in [0.1, 0.15) is 35.6 Å². The summed E-state index contributed by atoms with van der Waals surface area (Å²) in [5, 5.41) is 0. The SMILES string of the molecule is CC[C@H](Oc1cc(C)ccc1C)C(=O)N(C)Cc1ccc(C)cc1. The Morgan fingerprint density at radius 3 is 2.29 bits per heavy atom. The summed E-state index contributed by atoms with van der Waals surface area (Å²) in [6.45, 7) is 8.66. The van der Waals surface area contributed by atoms with Gasteiger partial charge in [0.25, 0.3) is 5.91 Å². The second-order valence-electron chi connectivity index (χ2n) is 6.46. The van der Waals surface area contributed by atoms with E-state index in [-0.39, 0.29) is 5.91 Å². The average molecular weight is 325 g/mol. The summed E-state index contributed by atoms with van der Waals surface area (Å²) in [6, 6.07) is 14.3. The number of benzene rings is 2. The molecule has 0 N–H and O–H groups in total. The van der Waals surface area contributed by atoms with Crippen LogP contribution in [-0.4, -0.2) is 24.0 Å². The molecule has 128 valence electrons. The largest absolute Gasteiger partial charge is 0.480 e. The number of nitrogens with zero attached hydrogens (tertiary/aromatic N) is 1. The first-order valence-electron chi connectivity index (χ1n) is 8.45. The highest BCUT2D eigenvalue weighted by Gasteiger charge is 2.23. The molecule has 0 radical (unpaired) electrons. The molecule has 1 amide bonds. The van der Waals surface area contributed by atoms with E-state index in [4.69, 9.17) is 4.74 Å².